The van der Waals surface area contributed by atoms with E-state index in [9.17, 15) is 15.2 Å². The van der Waals surface area contributed by atoms with Crippen molar-refractivity contribution in [1.82, 2.24) is 5.32 Å². The van der Waals surface area contributed by atoms with Crippen LogP contribution in [0.4, 0.5) is 5.69 Å². The molecule has 0 saturated heterocycles. The van der Waals surface area contributed by atoms with E-state index in [4.69, 9.17) is 0 Å². The number of hydrogen-bond donors (Lipinski definition) is 2. The molecule has 104 valence electrons. The molecule has 0 heterocycles. The van der Waals surface area contributed by atoms with E-state index in [-0.39, 0.29) is 11.4 Å². The van der Waals surface area contributed by atoms with Crippen LogP contribution in [-0.2, 0) is 13.0 Å². The Morgan fingerprint density at radius 3 is 2.45 bits per heavy atom. The summed E-state index contributed by atoms with van der Waals surface area (Å²) in [6.45, 7) is 1.34. The summed E-state index contributed by atoms with van der Waals surface area (Å²) in [7, 11) is 0. The molecule has 0 atom stereocenters. The van der Waals surface area contributed by atoms with Gasteiger partial charge in [0.15, 0.2) is 0 Å². The number of para-hydroxylation sites is 1. The molecule has 0 radical (unpaired) electrons. The number of aromatic hydroxyl groups is 1. The van der Waals surface area contributed by atoms with Crippen LogP contribution < -0.4 is 5.32 Å². The van der Waals surface area contributed by atoms with Crippen LogP contribution in [0.25, 0.3) is 0 Å². The topological polar surface area (TPSA) is 75.4 Å². The van der Waals surface area contributed by atoms with Crippen molar-refractivity contribution in [2.45, 2.75) is 13.0 Å². The van der Waals surface area contributed by atoms with E-state index in [1.54, 1.807) is 24.3 Å². The van der Waals surface area contributed by atoms with Gasteiger partial charge in [0, 0.05) is 24.2 Å². The van der Waals surface area contributed by atoms with Crippen molar-refractivity contribution in [2.24, 2.45) is 0 Å². The first-order valence-corrected chi connectivity index (χ1v) is 6.38. The van der Waals surface area contributed by atoms with Gasteiger partial charge >= 0.3 is 0 Å². The standard InChI is InChI=1S/C15H16N2O3/c18-15-4-2-1-3-13(15)11-16-10-9-12-5-7-14(8-6-12)17(19)20/h1-8,16,18H,9-11H2. The smallest absolute Gasteiger partial charge is 0.269 e. The number of nitro groups is 1. The Bertz CT molecular complexity index is 582. The van der Waals surface area contributed by atoms with Crippen LogP contribution in [0.3, 0.4) is 0 Å². The predicted molar refractivity (Wildman–Crippen MR) is 76.6 cm³/mol. The number of benzene rings is 2. The molecule has 2 aromatic carbocycles. The number of nitrogens with one attached hydrogen (secondary N) is 1. The van der Waals surface area contributed by atoms with E-state index in [0.717, 1.165) is 24.1 Å². The Morgan fingerprint density at radius 2 is 1.80 bits per heavy atom. The lowest BCUT2D eigenvalue weighted by molar-refractivity contribution is -0.384. The van der Waals surface area contributed by atoms with Crippen molar-refractivity contribution >= 4 is 5.69 Å². The third-order valence-electron chi connectivity index (χ3n) is 3.04. The first-order valence-electron chi connectivity index (χ1n) is 6.38. The van der Waals surface area contributed by atoms with Crippen molar-refractivity contribution < 1.29 is 10.0 Å². The van der Waals surface area contributed by atoms with Crippen molar-refractivity contribution in [2.75, 3.05) is 6.54 Å². The van der Waals surface area contributed by atoms with E-state index in [2.05, 4.69) is 5.32 Å². The monoisotopic (exact) mass is 272 g/mol. The molecule has 0 aliphatic heterocycles. The second-order valence-electron chi connectivity index (χ2n) is 4.48. The number of phenolic OH excluding ortho intramolecular Hbond substituents is 1. The summed E-state index contributed by atoms with van der Waals surface area (Å²) in [5.41, 5.74) is 2.01. The molecule has 0 spiro atoms. The fourth-order valence-electron chi connectivity index (χ4n) is 1.90. The molecular formula is C15H16N2O3. The molecule has 20 heavy (non-hydrogen) atoms. The van der Waals surface area contributed by atoms with Crippen LogP contribution in [0.5, 0.6) is 5.75 Å². The third-order valence-corrected chi connectivity index (χ3v) is 3.04. The summed E-state index contributed by atoms with van der Waals surface area (Å²) in [6.07, 6.45) is 0.783. The zero-order valence-electron chi connectivity index (χ0n) is 11.0. The Hall–Kier alpha value is -2.40. The molecule has 0 aliphatic rings. The van der Waals surface area contributed by atoms with Crippen LogP contribution >= 0.6 is 0 Å². The van der Waals surface area contributed by atoms with Gasteiger partial charge in [-0.1, -0.05) is 30.3 Å². The summed E-state index contributed by atoms with van der Waals surface area (Å²) in [5, 5.41) is 23.4. The van der Waals surface area contributed by atoms with E-state index in [1.165, 1.54) is 12.1 Å². The number of rotatable bonds is 6. The Morgan fingerprint density at radius 1 is 1.10 bits per heavy atom. The minimum atomic E-state index is -0.403. The van der Waals surface area contributed by atoms with Gasteiger partial charge < -0.3 is 10.4 Å². The molecule has 0 aromatic heterocycles. The molecule has 2 rings (SSSR count). The minimum Gasteiger partial charge on any atom is -0.508 e. The Balaban J connectivity index is 1.79. The van der Waals surface area contributed by atoms with Gasteiger partial charge in [0.05, 0.1) is 4.92 Å². The van der Waals surface area contributed by atoms with Crippen LogP contribution in [0.2, 0.25) is 0 Å². The predicted octanol–water partition coefficient (Wildman–Crippen LogP) is 2.63. The number of nitro benzene ring substituents is 1. The molecule has 0 unspecified atom stereocenters. The van der Waals surface area contributed by atoms with E-state index < -0.39 is 4.92 Å². The summed E-state index contributed by atoms with van der Waals surface area (Å²) < 4.78 is 0. The van der Waals surface area contributed by atoms with Gasteiger partial charge in [-0.3, -0.25) is 10.1 Å². The summed E-state index contributed by atoms with van der Waals surface area (Å²) in [5.74, 6) is 0.287. The van der Waals surface area contributed by atoms with Gasteiger partial charge in [0.2, 0.25) is 0 Å². The molecule has 2 N–H and O–H groups in total. The molecule has 5 heteroatoms. The zero-order chi connectivity index (χ0) is 14.4. The number of hydrogen-bond acceptors (Lipinski definition) is 4. The summed E-state index contributed by atoms with van der Waals surface area (Å²) >= 11 is 0. The van der Waals surface area contributed by atoms with E-state index >= 15 is 0 Å². The van der Waals surface area contributed by atoms with Gasteiger partial charge in [-0.15, -0.1) is 0 Å². The molecule has 0 aliphatic carbocycles. The van der Waals surface area contributed by atoms with Crippen molar-refractivity contribution in [3.8, 4) is 5.75 Å². The quantitative estimate of drug-likeness (QED) is 0.481. The van der Waals surface area contributed by atoms with Crippen LogP contribution in [0.15, 0.2) is 48.5 Å². The highest BCUT2D eigenvalue weighted by atomic mass is 16.6. The maximum Gasteiger partial charge on any atom is 0.269 e. The molecule has 0 bridgehead atoms. The highest BCUT2D eigenvalue weighted by Gasteiger charge is 2.03. The molecule has 0 saturated carbocycles. The molecule has 2 aromatic rings. The van der Waals surface area contributed by atoms with Gasteiger partial charge in [-0.2, -0.15) is 0 Å². The fourth-order valence-corrected chi connectivity index (χ4v) is 1.90. The maximum atomic E-state index is 10.5. The van der Waals surface area contributed by atoms with Crippen molar-refractivity contribution in [1.29, 1.82) is 0 Å². The largest absolute Gasteiger partial charge is 0.508 e. The van der Waals surface area contributed by atoms with Crippen molar-refractivity contribution in [3.63, 3.8) is 0 Å². The average Bonchev–Trinajstić information content (AvgIpc) is 2.46. The Labute approximate surface area is 117 Å². The number of nitrogens with zero attached hydrogens (tertiary/aromatic N) is 1. The highest BCUT2D eigenvalue weighted by Crippen LogP contribution is 2.15. The molecule has 0 amide bonds. The van der Waals surface area contributed by atoms with Crippen LogP contribution in [0.1, 0.15) is 11.1 Å². The SMILES string of the molecule is O=[N+]([O-])c1ccc(CCNCc2ccccc2O)cc1. The van der Waals surface area contributed by atoms with Gasteiger partial charge in [-0.05, 0) is 24.6 Å². The fraction of sp³-hybridized carbons (Fsp3) is 0.200. The van der Waals surface area contributed by atoms with Crippen molar-refractivity contribution in [3.05, 3.63) is 69.8 Å². The third kappa shape index (κ3) is 3.80. The van der Waals surface area contributed by atoms with Gasteiger partial charge in [0.25, 0.3) is 5.69 Å². The van der Waals surface area contributed by atoms with E-state index in [1.807, 2.05) is 12.1 Å². The second-order valence-corrected chi connectivity index (χ2v) is 4.48. The summed E-state index contributed by atoms with van der Waals surface area (Å²) in [6, 6.07) is 13.8. The lowest BCUT2D eigenvalue weighted by Crippen LogP contribution is -2.16. The first-order chi connectivity index (χ1) is 9.66. The minimum absolute atomic E-state index is 0.107. The highest BCUT2D eigenvalue weighted by molar-refractivity contribution is 5.33. The molecule has 0 fully saturated rings. The van der Waals surface area contributed by atoms with Crippen LogP contribution in [0, 0.1) is 10.1 Å². The van der Waals surface area contributed by atoms with Crippen LogP contribution in [-0.4, -0.2) is 16.6 Å². The molecular weight excluding hydrogens is 256 g/mol. The lowest BCUT2D eigenvalue weighted by Gasteiger charge is -2.06. The van der Waals surface area contributed by atoms with E-state index in [0.29, 0.717) is 6.54 Å². The zero-order valence-corrected chi connectivity index (χ0v) is 11.0. The second kappa shape index (κ2) is 6.68. The maximum absolute atomic E-state index is 10.5. The average molecular weight is 272 g/mol. The number of phenols is 1. The first kappa shape index (κ1) is 14.0. The summed E-state index contributed by atoms with van der Waals surface area (Å²) in [4.78, 5) is 10.1. The van der Waals surface area contributed by atoms with Gasteiger partial charge in [0.1, 0.15) is 5.75 Å². The Kier molecular flexibility index (Phi) is 4.68. The normalized spacial score (nSPS) is 10.4. The lowest BCUT2D eigenvalue weighted by atomic mass is 10.1. The number of non-ortho nitro benzene ring substituents is 1. The molecule has 5 nitrogen and oxygen atoms in total. The van der Waals surface area contributed by atoms with Gasteiger partial charge in [-0.25, -0.2) is 0 Å².